The summed E-state index contributed by atoms with van der Waals surface area (Å²) in [6.45, 7) is 9.25. The summed E-state index contributed by atoms with van der Waals surface area (Å²) in [7, 11) is -3.90. The van der Waals surface area contributed by atoms with Gasteiger partial charge >= 0.3 is 0 Å². The third kappa shape index (κ3) is 6.45. The number of anilines is 1. The van der Waals surface area contributed by atoms with Crippen molar-refractivity contribution in [3.05, 3.63) is 70.5 Å². The van der Waals surface area contributed by atoms with Gasteiger partial charge in [-0.15, -0.1) is 6.58 Å². The van der Waals surface area contributed by atoms with Crippen molar-refractivity contribution in [1.29, 1.82) is 0 Å². The Morgan fingerprint density at radius 2 is 1.81 bits per heavy atom. The molecule has 7 heteroatoms. The van der Waals surface area contributed by atoms with E-state index in [-0.39, 0.29) is 10.9 Å². The van der Waals surface area contributed by atoms with Crippen LogP contribution >= 0.6 is 15.9 Å². The summed E-state index contributed by atoms with van der Waals surface area (Å²) in [5.74, 6) is -0.594. The minimum atomic E-state index is -3.90. The van der Waals surface area contributed by atoms with Gasteiger partial charge in [0, 0.05) is 4.47 Å². The molecule has 0 aromatic heterocycles. The number of aryl methyl sites for hydroxylation is 1. The lowest BCUT2D eigenvalue weighted by atomic mass is 9.93. The van der Waals surface area contributed by atoms with Gasteiger partial charge in [-0.2, -0.15) is 0 Å². The Labute approximate surface area is 169 Å². The summed E-state index contributed by atoms with van der Waals surface area (Å²) in [4.78, 5) is -0.187. The summed E-state index contributed by atoms with van der Waals surface area (Å²) in [5.41, 5.74) is 2.05. The van der Waals surface area contributed by atoms with Crippen LogP contribution in [0.2, 0.25) is 0 Å². The number of primary sulfonamides is 1. The number of hydrogen-bond acceptors (Lipinski definition) is 3. The SMILES string of the molecule is C=CC.CC.NS(=O)(=O)c1cc(F)c2c(c1)CCC(c1ccc(Br)cc1)N2. The van der Waals surface area contributed by atoms with E-state index in [9.17, 15) is 12.8 Å². The van der Waals surface area contributed by atoms with Crippen LogP contribution in [0.5, 0.6) is 0 Å². The molecular formula is C20H26BrFN2O2S. The molecule has 2 aromatic carbocycles. The first kappa shape index (κ1) is 23.3. The van der Waals surface area contributed by atoms with Crippen molar-refractivity contribution in [1.82, 2.24) is 0 Å². The van der Waals surface area contributed by atoms with Crippen molar-refractivity contribution in [2.24, 2.45) is 5.14 Å². The molecule has 148 valence electrons. The summed E-state index contributed by atoms with van der Waals surface area (Å²) >= 11 is 3.38. The van der Waals surface area contributed by atoms with E-state index in [0.29, 0.717) is 17.7 Å². The van der Waals surface area contributed by atoms with Crippen LogP contribution in [-0.2, 0) is 16.4 Å². The Kier molecular flexibility index (Phi) is 9.15. The van der Waals surface area contributed by atoms with Crippen LogP contribution in [0.4, 0.5) is 10.1 Å². The molecule has 1 unspecified atom stereocenters. The number of halogens is 2. The molecule has 0 saturated carbocycles. The molecule has 1 aliphatic heterocycles. The molecule has 3 N–H and O–H groups in total. The normalized spacial score (nSPS) is 15.1. The molecule has 0 saturated heterocycles. The molecule has 0 bridgehead atoms. The van der Waals surface area contributed by atoms with Crippen molar-refractivity contribution in [2.75, 3.05) is 5.32 Å². The second-order valence-corrected chi connectivity index (χ2v) is 8.16. The highest BCUT2D eigenvalue weighted by molar-refractivity contribution is 9.10. The minimum Gasteiger partial charge on any atom is -0.376 e. The zero-order valence-electron chi connectivity index (χ0n) is 15.8. The number of nitrogens with one attached hydrogen (secondary N) is 1. The van der Waals surface area contributed by atoms with Gasteiger partial charge in [0.05, 0.1) is 16.6 Å². The third-order valence-electron chi connectivity index (χ3n) is 3.77. The van der Waals surface area contributed by atoms with Gasteiger partial charge in [0.1, 0.15) is 5.82 Å². The largest absolute Gasteiger partial charge is 0.376 e. The molecule has 0 radical (unpaired) electrons. The number of allylic oxidation sites excluding steroid dienone is 1. The lowest BCUT2D eigenvalue weighted by Gasteiger charge is -2.28. The van der Waals surface area contributed by atoms with Gasteiger partial charge in [-0.05, 0) is 55.2 Å². The van der Waals surface area contributed by atoms with E-state index in [2.05, 4.69) is 27.8 Å². The number of nitrogens with two attached hydrogens (primary N) is 1. The minimum absolute atomic E-state index is 0.00423. The summed E-state index contributed by atoms with van der Waals surface area (Å²) in [5, 5.41) is 8.23. The van der Waals surface area contributed by atoms with Gasteiger partial charge in [0.25, 0.3) is 0 Å². The molecule has 27 heavy (non-hydrogen) atoms. The van der Waals surface area contributed by atoms with Gasteiger partial charge < -0.3 is 5.32 Å². The fourth-order valence-electron chi connectivity index (χ4n) is 2.65. The van der Waals surface area contributed by atoms with E-state index in [1.807, 2.05) is 45.0 Å². The van der Waals surface area contributed by atoms with Gasteiger partial charge in [0.2, 0.25) is 10.0 Å². The highest BCUT2D eigenvalue weighted by atomic mass is 79.9. The number of hydrogen-bond donors (Lipinski definition) is 2. The van der Waals surface area contributed by atoms with E-state index < -0.39 is 15.8 Å². The molecule has 3 rings (SSSR count). The lowest BCUT2D eigenvalue weighted by Crippen LogP contribution is -2.21. The topological polar surface area (TPSA) is 72.2 Å². The van der Waals surface area contributed by atoms with Gasteiger partial charge in [-0.25, -0.2) is 17.9 Å². The molecule has 1 aliphatic rings. The molecule has 0 spiro atoms. The fourth-order valence-corrected chi connectivity index (χ4v) is 3.49. The summed E-state index contributed by atoms with van der Waals surface area (Å²) in [6.07, 6.45) is 3.09. The maximum absolute atomic E-state index is 14.2. The highest BCUT2D eigenvalue weighted by Crippen LogP contribution is 2.36. The predicted octanol–water partition coefficient (Wildman–Crippen LogP) is 5.55. The number of benzene rings is 2. The Balaban J connectivity index is 0.000000665. The molecule has 0 fully saturated rings. The van der Waals surface area contributed by atoms with Gasteiger partial charge in [0.15, 0.2) is 0 Å². The van der Waals surface area contributed by atoms with E-state index in [4.69, 9.17) is 5.14 Å². The Bertz CT molecular complexity index is 868. The highest BCUT2D eigenvalue weighted by Gasteiger charge is 2.24. The average Bonchev–Trinajstić information content (AvgIpc) is 2.64. The van der Waals surface area contributed by atoms with Crippen LogP contribution in [0, 0.1) is 5.82 Å². The average molecular weight is 457 g/mol. The number of fused-ring (bicyclic) bond motifs is 1. The van der Waals surface area contributed by atoms with E-state index >= 15 is 0 Å². The zero-order valence-corrected chi connectivity index (χ0v) is 18.2. The van der Waals surface area contributed by atoms with Crippen LogP contribution < -0.4 is 10.5 Å². The maximum Gasteiger partial charge on any atom is 0.238 e. The lowest BCUT2D eigenvalue weighted by molar-refractivity contribution is 0.584. The smallest absolute Gasteiger partial charge is 0.238 e. The quantitative estimate of drug-likeness (QED) is 0.581. The van der Waals surface area contributed by atoms with Crippen LogP contribution in [0.15, 0.2) is 58.4 Å². The molecule has 0 amide bonds. The van der Waals surface area contributed by atoms with Crippen molar-refractivity contribution in [2.45, 2.75) is 44.6 Å². The summed E-state index contributed by atoms with van der Waals surface area (Å²) < 4.78 is 38.0. The van der Waals surface area contributed by atoms with E-state index in [1.165, 1.54) is 6.07 Å². The van der Waals surface area contributed by atoms with Gasteiger partial charge in [-0.1, -0.05) is 48.0 Å². The molecule has 1 atom stereocenters. The molecular weight excluding hydrogens is 431 g/mol. The Morgan fingerprint density at radius 1 is 1.26 bits per heavy atom. The summed E-state index contributed by atoms with van der Waals surface area (Å²) in [6, 6.07) is 10.2. The predicted molar refractivity (Wildman–Crippen MR) is 114 cm³/mol. The second-order valence-electron chi connectivity index (χ2n) is 5.68. The third-order valence-corrected chi connectivity index (χ3v) is 5.19. The van der Waals surface area contributed by atoms with E-state index in [1.54, 1.807) is 6.08 Å². The standard InChI is InChI=1S/C15H14BrFN2O2S.C3H6.C2H6/c16-11-4-1-9(2-5-11)14-6-3-10-7-12(22(18,20)21)8-13(17)15(10)19-14;1-3-2;1-2/h1-2,4-5,7-8,14,19H,3,6H2,(H2,18,20,21);3H,1H2,2H3;1-2H3. The van der Waals surface area contributed by atoms with Crippen molar-refractivity contribution < 1.29 is 12.8 Å². The van der Waals surface area contributed by atoms with Crippen molar-refractivity contribution in [3.63, 3.8) is 0 Å². The van der Waals surface area contributed by atoms with E-state index in [0.717, 1.165) is 22.5 Å². The van der Waals surface area contributed by atoms with Crippen LogP contribution in [0.25, 0.3) is 0 Å². The van der Waals surface area contributed by atoms with Crippen molar-refractivity contribution >= 4 is 31.6 Å². The first-order valence-corrected chi connectivity index (χ1v) is 11.0. The molecule has 1 heterocycles. The van der Waals surface area contributed by atoms with Crippen LogP contribution in [0.3, 0.4) is 0 Å². The fraction of sp³-hybridized carbons (Fsp3) is 0.300. The Morgan fingerprint density at radius 3 is 2.33 bits per heavy atom. The zero-order chi connectivity index (χ0) is 20.6. The number of sulfonamides is 1. The number of rotatable bonds is 2. The monoisotopic (exact) mass is 456 g/mol. The first-order valence-electron chi connectivity index (χ1n) is 8.70. The second kappa shape index (κ2) is 10.6. The molecule has 4 nitrogen and oxygen atoms in total. The van der Waals surface area contributed by atoms with Crippen LogP contribution in [0.1, 0.15) is 44.4 Å². The first-order chi connectivity index (χ1) is 12.8. The Hall–Kier alpha value is -1.70. The maximum atomic E-state index is 14.2. The van der Waals surface area contributed by atoms with Crippen molar-refractivity contribution in [3.8, 4) is 0 Å². The van der Waals surface area contributed by atoms with Gasteiger partial charge in [-0.3, -0.25) is 0 Å². The molecule has 2 aromatic rings. The van der Waals surface area contributed by atoms with Crippen LogP contribution in [-0.4, -0.2) is 8.42 Å². The molecule has 0 aliphatic carbocycles.